The van der Waals surface area contributed by atoms with E-state index in [9.17, 15) is 42.8 Å². The third-order valence-electron chi connectivity index (χ3n) is 6.78. The number of hydrogen-bond acceptors (Lipinski definition) is 7. The Balaban J connectivity index is 0.000000426. The molecule has 3 N–H and O–H groups in total. The molecule has 12 nitrogen and oxygen atoms in total. The number of nitrogens with one attached hydrogen (secondary N) is 1. The van der Waals surface area contributed by atoms with Crippen molar-refractivity contribution in [3.05, 3.63) is 62.9 Å². The van der Waals surface area contributed by atoms with E-state index >= 15 is 0 Å². The zero-order valence-electron chi connectivity index (χ0n) is 19.5. The summed E-state index contributed by atoms with van der Waals surface area (Å²) in [7, 11) is 0. The van der Waals surface area contributed by atoms with Crippen LogP contribution in [0.1, 0.15) is 18.4 Å². The number of rotatable bonds is 5. The smallest absolute Gasteiger partial charge is 0.477 e. The molecule has 4 aliphatic heterocycles. The Morgan fingerprint density at radius 2 is 1.82 bits per heavy atom. The molecule has 15 heteroatoms. The summed E-state index contributed by atoms with van der Waals surface area (Å²) in [6.45, 7) is 1.45. The fourth-order valence-corrected chi connectivity index (χ4v) is 5.06. The van der Waals surface area contributed by atoms with Crippen molar-refractivity contribution in [2.24, 2.45) is 5.92 Å². The summed E-state index contributed by atoms with van der Waals surface area (Å²) < 4.78 is 31.7. The zero-order valence-corrected chi connectivity index (χ0v) is 19.5. The molecular formula is C23H21F3N4O8. The van der Waals surface area contributed by atoms with Gasteiger partial charge in [0.25, 0.3) is 5.69 Å². The van der Waals surface area contributed by atoms with Crippen molar-refractivity contribution in [3.63, 3.8) is 0 Å². The van der Waals surface area contributed by atoms with E-state index in [1.165, 1.54) is 17.0 Å². The number of benzene rings is 1. The van der Waals surface area contributed by atoms with Crippen molar-refractivity contribution in [1.82, 2.24) is 15.1 Å². The van der Waals surface area contributed by atoms with Crippen LogP contribution < -0.4 is 5.32 Å². The number of β-lactam (4-membered cyclic amide) rings is 1. The molecule has 2 amide bonds. The van der Waals surface area contributed by atoms with E-state index in [0.29, 0.717) is 43.6 Å². The van der Waals surface area contributed by atoms with Crippen LogP contribution in [-0.2, 0) is 25.7 Å². The average Bonchev–Trinajstić information content (AvgIpc) is 3.40. The van der Waals surface area contributed by atoms with Crippen LogP contribution >= 0.6 is 0 Å². The van der Waals surface area contributed by atoms with Crippen molar-refractivity contribution in [2.75, 3.05) is 13.1 Å². The second kappa shape index (κ2) is 9.89. The number of amides is 2. The van der Waals surface area contributed by atoms with Gasteiger partial charge in [-0.3, -0.25) is 24.6 Å². The SMILES string of the molecule is O=C(O)C(F)(F)F.O=C(O)C1=C(/C=C2\CCN(Cc3ccc([N+](=O)[O-])cc3)C2=O)C[C@@H]2CN[C@@H]3C(=O)N1[C@H]23. The van der Waals surface area contributed by atoms with Crippen LogP contribution in [0.2, 0.25) is 0 Å². The molecule has 3 saturated heterocycles. The lowest BCUT2D eigenvalue weighted by Crippen LogP contribution is -2.68. The minimum Gasteiger partial charge on any atom is -0.477 e. The van der Waals surface area contributed by atoms with Gasteiger partial charge in [-0.1, -0.05) is 12.1 Å². The van der Waals surface area contributed by atoms with Crippen LogP contribution in [-0.4, -0.2) is 80.0 Å². The number of nitro benzene ring substituents is 1. The molecule has 38 heavy (non-hydrogen) atoms. The first-order valence-electron chi connectivity index (χ1n) is 11.4. The van der Waals surface area contributed by atoms with Gasteiger partial charge >= 0.3 is 18.1 Å². The third-order valence-corrected chi connectivity index (χ3v) is 6.78. The van der Waals surface area contributed by atoms with E-state index in [1.807, 2.05) is 0 Å². The van der Waals surface area contributed by atoms with Crippen molar-refractivity contribution in [2.45, 2.75) is 37.6 Å². The lowest BCUT2D eigenvalue weighted by atomic mass is 9.79. The summed E-state index contributed by atoms with van der Waals surface area (Å²) in [5, 5.41) is 30.8. The Kier molecular flexibility index (Phi) is 6.97. The van der Waals surface area contributed by atoms with Crippen LogP contribution in [0.25, 0.3) is 0 Å². The Labute approximate surface area is 212 Å². The van der Waals surface area contributed by atoms with E-state index in [1.54, 1.807) is 23.1 Å². The predicted octanol–water partition coefficient (Wildman–Crippen LogP) is 1.43. The molecule has 4 heterocycles. The Morgan fingerprint density at radius 3 is 2.37 bits per heavy atom. The van der Waals surface area contributed by atoms with Crippen LogP contribution in [0.4, 0.5) is 18.9 Å². The topological polar surface area (TPSA) is 170 Å². The number of alkyl halides is 3. The highest BCUT2D eigenvalue weighted by molar-refractivity contribution is 6.02. The number of allylic oxidation sites excluding steroid dienone is 2. The summed E-state index contributed by atoms with van der Waals surface area (Å²) in [5.74, 6) is -4.18. The number of likely N-dealkylation sites (tertiary alicyclic amines) is 1. The summed E-state index contributed by atoms with van der Waals surface area (Å²) in [6.07, 6.45) is -2.44. The first-order valence-corrected chi connectivity index (χ1v) is 11.4. The number of carbonyl (C=O) groups is 4. The maximum Gasteiger partial charge on any atom is 0.490 e. The molecule has 0 bridgehead atoms. The normalized spacial score (nSPS) is 25.1. The van der Waals surface area contributed by atoms with Gasteiger partial charge in [-0.25, -0.2) is 9.59 Å². The van der Waals surface area contributed by atoms with E-state index in [4.69, 9.17) is 9.90 Å². The van der Waals surface area contributed by atoms with Gasteiger partial charge in [0, 0.05) is 37.3 Å². The highest BCUT2D eigenvalue weighted by Crippen LogP contribution is 2.44. The molecule has 5 rings (SSSR count). The number of nitrogens with zero attached hydrogens (tertiary/aromatic N) is 3. The van der Waals surface area contributed by atoms with Crippen molar-refractivity contribution < 1.29 is 47.5 Å². The van der Waals surface area contributed by atoms with Crippen LogP contribution in [0.5, 0.6) is 0 Å². The summed E-state index contributed by atoms with van der Waals surface area (Å²) in [6, 6.07) is 5.65. The molecule has 1 aromatic carbocycles. The van der Waals surface area contributed by atoms with Gasteiger partial charge in [0.2, 0.25) is 11.8 Å². The van der Waals surface area contributed by atoms with E-state index in [-0.39, 0.29) is 41.2 Å². The second-order valence-corrected chi connectivity index (χ2v) is 9.10. The first-order chi connectivity index (χ1) is 17.8. The van der Waals surface area contributed by atoms with Gasteiger partial charge in [-0.05, 0) is 36.0 Å². The fourth-order valence-electron chi connectivity index (χ4n) is 5.06. The molecule has 0 unspecified atom stereocenters. The van der Waals surface area contributed by atoms with Gasteiger partial charge in [0.05, 0.1) is 11.0 Å². The molecule has 202 valence electrons. The molecular weight excluding hydrogens is 517 g/mol. The Morgan fingerprint density at radius 1 is 1.18 bits per heavy atom. The predicted molar refractivity (Wildman–Crippen MR) is 120 cm³/mol. The van der Waals surface area contributed by atoms with Crippen molar-refractivity contribution >= 4 is 29.4 Å². The van der Waals surface area contributed by atoms with Gasteiger partial charge in [-0.2, -0.15) is 13.2 Å². The molecule has 1 aromatic rings. The number of carboxylic acids is 2. The second-order valence-electron chi connectivity index (χ2n) is 9.10. The number of aliphatic carboxylic acids is 2. The van der Waals surface area contributed by atoms with E-state index in [2.05, 4.69) is 5.32 Å². The van der Waals surface area contributed by atoms with Crippen LogP contribution in [0.15, 0.2) is 47.2 Å². The van der Waals surface area contributed by atoms with Crippen LogP contribution in [0.3, 0.4) is 0 Å². The summed E-state index contributed by atoms with van der Waals surface area (Å²) >= 11 is 0. The Hall–Kier alpha value is -4.27. The quantitative estimate of drug-likeness (QED) is 0.217. The molecule has 3 fully saturated rings. The minimum absolute atomic E-state index is 0.00925. The van der Waals surface area contributed by atoms with Gasteiger partial charge in [0.15, 0.2) is 0 Å². The molecule has 0 spiro atoms. The number of nitro groups is 1. The Bertz CT molecular complexity index is 1270. The van der Waals surface area contributed by atoms with Gasteiger partial charge < -0.3 is 20.4 Å². The largest absolute Gasteiger partial charge is 0.490 e. The third kappa shape index (κ3) is 4.96. The van der Waals surface area contributed by atoms with Crippen LogP contribution in [0, 0.1) is 16.0 Å². The highest BCUT2D eigenvalue weighted by Gasteiger charge is 2.59. The molecule has 0 aromatic heterocycles. The number of carbonyl (C=O) groups excluding carboxylic acids is 2. The first kappa shape index (κ1) is 26.8. The van der Waals surface area contributed by atoms with Crippen molar-refractivity contribution in [1.29, 1.82) is 0 Å². The minimum atomic E-state index is -5.08. The summed E-state index contributed by atoms with van der Waals surface area (Å²) in [4.78, 5) is 59.4. The molecule has 0 saturated carbocycles. The maximum absolute atomic E-state index is 12.9. The van der Waals surface area contributed by atoms with Gasteiger partial charge in [-0.15, -0.1) is 0 Å². The molecule has 3 atom stereocenters. The monoisotopic (exact) mass is 538 g/mol. The van der Waals surface area contributed by atoms with Gasteiger partial charge in [0.1, 0.15) is 11.7 Å². The molecule has 0 aliphatic carbocycles. The average molecular weight is 538 g/mol. The number of hydrogen-bond donors (Lipinski definition) is 3. The standard InChI is InChI=1S/C21H20N4O6.C2HF3O2/c26-19-12(5-6-23(19)10-11-1-3-15(4-2-11)25(30)31)7-13-8-14-9-22-16-17(14)24(20(16)27)18(13)21(28)29;3-2(4,5)1(6)7/h1-4,7,14,16-17,22H,5-6,8-10H2,(H,28,29);(H,6,7)/b12-7+;/t14-,16+,17-;/m1./s1. The summed E-state index contributed by atoms with van der Waals surface area (Å²) in [5.41, 5.74) is 1.79. The molecule has 4 aliphatic rings. The fraction of sp³-hybridized carbons (Fsp3) is 0.391. The van der Waals surface area contributed by atoms with Crippen molar-refractivity contribution in [3.8, 4) is 0 Å². The number of halogens is 3. The number of non-ortho nitro benzene ring substituents is 1. The lowest BCUT2D eigenvalue weighted by molar-refractivity contribution is -0.384. The lowest BCUT2D eigenvalue weighted by Gasteiger charge is -2.48. The molecule has 0 radical (unpaired) electrons. The highest BCUT2D eigenvalue weighted by atomic mass is 19.4. The zero-order chi connectivity index (χ0) is 27.9. The van der Waals surface area contributed by atoms with E-state index in [0.717, 1.165) is 5.56 Å². The van der Waals surface area contributed by atoms with E-state index < -0.39 is 23.0 Å². The number of carboxylic acid groups (broad SMARTS) is 2. The maximum atomic E-state index is 12.9.